The van der Waals surface area contributed by atoms with Crippen LogP contribution in [0.5, 0.6) is 0 Å². The summed E-state index contributed by atoms with van der Waals surface area (Å²) >= 11 is 0. The Bertz CT molecular complexity index is 240. The first-order chi connectivity index (χ1) is 7.17. The lowest BCUT2D eigenvalue weighted by Crippen LogP contribution is -2.54. The summed E-state index contributed by atoms with van der Waals surface area (Å²) in [5.41, 5.74) is 0.396. The van der Waals surface area contributed by atoms with Crippen LogP contribution in [0.1, 0.15) is 26.2 Å². The second-order valence-electron chi connectivity index (χ2n) is 4.79. The van der Waals surface area contributed by atoms with Crippen LogP contribution in [-0.2, 0) is 9.53 Å². The van der Waals surface area contributed by atoms with E-state index in [0.29, 0.717) is 11.8 Å². The average molecular weight is 213 g/mol. The van der Waals surface area contributed by atoms with E-state index in [1.807, 2.05) is 6.92 Å². The molecule has 2 heterocycles. The molecule has 2 aliphatic rings. The summed E-state index contributed by atoms with van der Waals surface area (Å²) < 4.78 is 5.25. The Morgan fingerprint density at radius 3 is 2.40 bits per heavy atom. The fraction of sp³-hybridized carbons (Fsp3) is 0.909. The van der Waals surface area contributed by atoms with Gasteiger partial charge in [0.1, 0.15) is 6.04 Å². The Labute approximate surface area is 90.2 Å². The van der Waals surface area contributed by atoms with Crippen molar-refractivity contribution < 1.29 is 14.6 Å². The van der Waals surface area contributed by atoms with Crippen LogP contribution in [0.25, 0.3) is 0 Å². The minimum Gasteiger partial charge on any atom is -0.480 e. The molecule has 0 aromatic rings. The number of rotatable bonds is 3. The van der Waals surface area contributed by atoms with Crippen molar-refractivity contribution in [2.75, 3.05) is 26.3 Å². The molecule has 0 amide bonds. The number of carbonyl (C=O) groups is 1. The van der Waals surface area contributed by atoms with E-state index < -0.39 is 5.97 Å². The van der Waals surface area contributed by atoms with E-state index >= 15 is 0 Å². The maximum Gasteiger partial charge on any atom is 0.320 e. The van der Waals surface area contributed by atoms with Crippen LogP contribution >= 0.6 is 0 Å². The average Bonchev–Trinajstić information content (AvgIpc) is 2.17. The SMILES string of the molecule is CC[C@H](C(=O)O)N1CCC2(CC1)COC2. The van der Waals surface area contributed by atoms with Crippen molar-refractivity contribution in [3.05, 3.63) is 0 Å². The van der Waals surface area contributed by atoms with E-state index in [1.165, 1.54) is 0 Å². The van der Waals surface area contributed by atoms with Crippen LogP contribution in [0, 0.1) is 5.41 Å². The Morgan fingerprint density at radius 2 is 2.07 bits per heavy atom. The predicted molar refractivity (Wildman–Crippen MR) is 55.8 cm³/mol. The quantitative estimate of drug-likeness (QED) is 0.758. The van der Waals surface area contributed by atoms with Gasteiger partial charge >= 0.3 is 5.97 Å². The number of ether oxygens (including phenoxy) is 1. The van der Waals surface area contributed by atoms with Crippen molar-refractivity contribution in [2.24, 2.45) is 5.41 Å². The van der Waals surface area contributed by atoms with E-state index in [4.69, 9.17) is 9.84 Å². The molecular formula is C11H19NO3. The highest BCUT2D eigenvalue weighted by atomic mass is 16.5. The van der Waals surface area contributed by atoms with Gasteiger partial charge in [-0.25, -0.2) is 0 Å². The molecule has 0 aromatic heterocycles. The zero-order valence-corrected chi connectivity index (χ0v) is 9.24. The number of likely N-dealkylation sites (tertiary alicyclic amines) is 1. The molecule has 0 saturated carbocycles. The van der Waals surface area contributed by atoms with E-state index in [-0.39, 0.29) is 6.04 Å². The van der Waals surface area contributed by atoms with Gasteiger partial charge < -0.3 is 9.84 Å². The standard InChI is InChI=1S/C11H19NO3/c1-2-9(10(13)14)12-5-3-11(4-6-12)7-15-8-11/h9H,2-8H2,1H3,(H,13,14)/t9-/m1/s1. The summed E-state index contributed by atoms with van der Waals surface area (Å²) in [6, 6.07) is -0.289. The molecule has 0 bridgehead atoms. The summed E-state index contributed by atoms with van der Waals surface area (Å²) in [6.07, 6.45) is 2.88. The Morgan fingerprint density at radius 1 is 1.47 bits per heavy atom. The van der Waals surface area contributed by atoms with Gasteiger partial charge in [-0.1, -0.05) is 6.92 Å². The van der Waals surface area contributed by atoms with Gasteiger partial charge in [-0.05, 0) is 32.4 Å². The van der Waals surface area contributed by atoms with Crippen molar-refractivity contribution in [2.45, 2.75) is 32.2 Å². The molecule has 1 spiro atoms. The zero-order valence-electron chi connectivity index (χ0n) is 9.24. The molecule has 2 rings (SSSR count). The highest BCUT2D eigenvalue weighted by molar-refractivity contribution is 5.73. The number of carboxylic acids is 1. The largest absolute Gasteiger partial charge is 0.480 e. The van der Waals surface area contributed by atoms with Gasteiger partial charge in [0.05, 0.1) is 13.2 Å². The molecule has 86 valence electrons. The molecule has 1 N–H and O–H groups in total. The number of nitrogens with zero attached hydrogens (tertiary/aromatic N) is 1. The maximum absolute atomic E-state index is 11.0. The smallest absolute Gasteiger partial charge is 0.320 e. The van der Waals surface area contributed by atoms with E-state index in [1.54, 1.807) is 0 Å². The Balaban J connectivity index is 1.89. The lowest BCUT2D eigenvalue weighted by atomic mass is 9.76. The van der Waals surface area contributed by atoms with Crippen LogP contribution in [0.4, 0.5) is 0 Å². The minimum atomic E-state index is -0.682. The predicted octanol–water partition coefficient (Wildman–Crippen LogP) is 0.962. The van der Waals surface area contributed by atoms with Crippen LogP contribution in [0.3, 0.4) is 0 Å². The fourth-order valence-electron chi connectivity index (χ4n) is 2.58. The van der Waals surface area contributed by atoms with Crippen molar-refractivity contribution >= 4 is 5.97 Å². The molecule has 4 heteroatoms. The first-order valence-corrected chi connectivity index (χ1v) is 5.71. The van der Waals surface area contributed by atoms with Crippen LogP contribution in [-0.4, -0.2) is 48.3 Å². The van der Waals surface area contributed by atoms with Gasteiger partial charge in [-0.3, -0.25) is 9.69 Å². The minimum absolute atomic E-state index is 0.289. The first kappa shape index (κ1) is 10.9. The first-order valence-electron chi connectivity index (χ1n) is 5.71. The van der Waals surface area contributed by atoms with Crippen molar-refractivity contribution in [3.8, 4) is 0 Å². The van der Waals surface area contributed by atoms with Gasteiger partial charge in [0.15, 0.2) is 0 Å². The van der Waals surface area contributed by atoms with Gasteiger partial charge in [0, 0.05) is 5.41 Å². The maximum atomic E-state index is 11.0. The third-order valence-corrected chi connectivity index (χ3v) is 3.79. The highest BCUT2D eigenvalue weighted by Crippen LogP contribution is 2.38. The monoisotopic (exact) mass is 213 g/mol. The van der Waals surface area contributed by atoms with E-state index in [9.17, 15) is 4.79 Å². The lowest BCUT2D eigenvalue weighted by Gasteiger charge is -2.48. The van der Waals surface area contributed by atoms with Gasteiger partial charge in [0.2, 0.25) is 0 Å². The molecule has 15 heavy (non-hydrogen) atoms. The number of hydrogen-bond acceptors (Lipinski definition) is 3. The molecule has 0 aromatic carbocycles. The summed E-state index contributed by atoms with van der Waals surface area (Å²) in [5, 5.41) is 9.06. The Kier molecular flexibility index (Phi) is 2.98. The lowest BCUT2D eigenvalue weighted by molar-refractivity contribution is -0.155. The fourth-order valence-corrected chi connectivity index (χ4v) is 2.58. The molecule has 2 fully saturated rings. The number of hydrogen-bond donors (Lipinski definition) is 1. The van der Waals surface area contributed by atoms with Crippen LogP contribution in [0.15, 0.2) is 0 Å². The summed E-state index contributed by atoms with van der Waals surface area (Å²) in [6.45, 7) is 5.52. The van der Waals surface area contributed by atoms with Crippen LogP contribution in [0.2, 0.25) is 0 Å². The van der Waals surface area contributed by atoms with Gasteiger partial charge in [0.25, 0.3) is 0 Å². The molecular weight excluding hydrogens is 194 g/mol. The Hall–Kier alpha value is -0.610. The van der Waals surface area contributed by atoms with Gasteiger partial charge in [-0.15, -0.1) is 0 Å². The second kappa shape index (κ2) is 4.10. The number of carboxylic acid groups (broad SMARTS) is 1. The number of aliphatic carboxylic acids is 1. The molecule has 2 saturated heterocycles. The molecule has 0 unspecified atom stereocenters. The van der Waals surface area contributed by atoms with Crippen molar-refractivity contribution in [1.82, 2.24) is 4.90 Å². The van der Waals surface area contributed by atoms with E-state index in [0.717, 1.165) is 39.1 Å². The third kappa shape index (κ3) is 2.01. The number of piperidine rings is 1. The molecule has 2 aliphatic heterocycles. The molecule has 1 atom stereocenters. The van der Waals surface area contributed by atoms with E-state index in [2.05, 4.69) is 4.90 Å². The summed E-state index contributed by atoms with van der Waals surface area (Å²) in [5.74, 6) is -0.682. The molecule has 0 radical (unpaired) electrons. The van der Waals surface area contributed by atoms with Crippen LogP contribution < -0.4 is 0 Å². The summed E-state index contributed by atoms with van der Waals surface area (Å²) in [7, 11) is 0. The molecule has 4 nitrogen and oxygen atoms in total. The zero-order chi connectivity index (χ0) is 10.9. The van der Waals surface area contributed by atoms with Crippen molar-refractivity contribution in [3.63, 3.8) is 0 Å². The second-order valence-corrected chi connectivity index (χ2v) is 4.79. The third-order valence-electron chi connectivity index (χ3n) is 3.79. The van der Waals surface area contributed by atoms with Crippen molar-refractivity contribution in [1.29, 1.82) is 0 Å². The summed E-state index contributed by atoms with van der Waals surface area (Å²) in [4.78, 5) is 13.1. The normalized spacial score (nSPS) is 27.3. The topological polar surface area (TPSA) is 49.8 Å². The highest BCUT2D eigenvalue weighted by Gasteiger charge is 2.42. The van der Waals surface area contributed by atoms with Gasteiger partial charge in [-0.2, -0.15) is 0 Å². The molecule has 0 aliphatic carbocycles.